The lowest BCUT2D eigenvalue weighted by Gasteiger charge is -2.31. The normalized spacial score (nSPS) is 13.0. The standard InChI is InChI=1S/C21H12F3N3O2S3/c22-21(23,24)12-7-8-16-14(10-12)27(13-4-1-2-5-15(13)32-16)18(28)11-31-20-26-25-19(29-20)17-6-3-9-30-17/h1-10H,11H2. The van der Waals surface area contributed by atoms with Gasteiger partial charge in [-0.2, -0.15) is 13.2 Å². The summed E-state index contributed by atoms with van der Waals surface area (Å²) in [4.78, 5) is 16.7. The summed E-state index contributed by atoms with van der Waals surface area (Å²) in [5.74, 6) is -0.116. The third-order valence-corrected chi connectivity index (χ3v) is 7.35. The molecule has 0 unspecified atom stereocenters. The van der Waals surface area contributed by atoms with E-state index in [9.17, 15) is 18.0 Å². The second-order valence-corrected chi connectivity index (χ2v) is 9.58. The summed E-state index contributed by atoms with van der Waals surface area (Å²) in [5, 5.41) is 10.0. The van der Waals surface area contributed by atoms with Crippen LogP contribution in [-0.2, 0) is 11.0 Å². The lowest BCUT2D eigenvalue weighted by molar-refractivity contribution is -0.137. The Hall–Kier alpha value is -2.76. The molecule has 1 amide bonds. The van der Waals surface area contributed by atoms with E-state index in [1.807, 2.05) is 29.6 Å². The fourth-order valence-corrected chi connectivity index (χ4v) is 5.45. The summed E-state index contributed by atoms with van der Waals surface area (Å²) < 4.78 is 45.6. The van der Waals surface area contributed by atoms with Crippen molar-refractivity contribution in [1.82, 2.24) is 10.2 Å². The Morgan fingerprint density at radius 3 is 2.62 bits per heavy atom. The molecule has 0 radical (unpaired) electrons. The van der Waals surface area contributed by atoms with Crippen LogP contribution in [0.4, 0.5) is 24.5 Å². The molecule has 0 saturated heterocycles. The van der Waals surface area contributed by atoms with Gasteiger partial charge in [0.1, 0.15) is 0 Å². The molecule has 0 atom stereocenters. The molecule has 4 aromatic rings. The van der Waals surface area contributed by atoms with Crippen molar-refractivity contribution in [1.29, 1.82) is 0 Å². The molecule has 2 aromatic heterocycles. The number of halogens is 3. The molecular weight excluding hydrogens is 479 g/mol. The summed E-state index contributed by atoms with van der Waals surface area (Å²) >= 11 is 3.82. The summed E-state index contributed by atoms with van der Waals surface area (Å²) in [6.45, 7) is 0. The van der Waals surface area contributed by atoms with E-state index in [0.717, 1.165) is 33.7 Å². The maximum absolute atomic E-state index is 13.3. The first-order valence-corrected chi connectivity index (χ1v) is 11.9. The molecule has 5 rings (SSSR count). The second kappa shape index (κ2) is 8.30. The lowest BCUT2D eigenvalue weighted by atomic mass is 10.1. The number of para-hydroxylation sites is 1. The first-order chi connectivity index (χ1) is 15.4. The average molecular weight is 492 g/mol. The van der Waals surface area contributed by atoms with Gasteiger partial charge >= 0.3 is 6.18 Å². The summed E-state index contributed by atoms with van der Waals surface area (Å²) in [6.07, 6.45) is -4.51. The predicted molar refractivity (Wildman–Crippen MR) is 117 cm³/mol. The molecule has 0 fully saturated rings. The molecule has 2 aromatic carbocycles. The van der Waals surface area contributed by atoms with Crippen molar-refractivity contribution in [3.05, 3.63) is 65.5 Å². The monoisotopic (exact) mass is 491 g/mol. The van der Waals surface area contributed by atoms with E-state index in [1.165, 1.54) is 34.1 Å². The van der Waals surface area contributed by atoms with Gasteiger partial charge in [-0.3, -0.25) is 9.69 Å². The van der Waals surface area contributed by atoms with Gasteiger partial charge in [0.25, 0.3) is 11.1 Å². The molecule has 0 aliphatic carbocycles. The number of carbonyl (C=O) groups is 1. The third-order valence-electron chi connectivity index (χ3n) is 4.56. The zero-order chi connectivity index (χ0) is 22.3. The number of hydrogen-bond acceptors (Lipinski definition) is 7. The molecule has 0 spiro atoms. The van der Waals surface area contributed by atoms with Gasteiger partial charge in [0.05, 0.1) is 27.6 Å². The SMILES string of the molecule is O=C(CSc1nnc(-c2cccs2)o1)N1c2ccccc2Sc2ccc(C(F)(F)F)cc21. The molecule has 3 heterocycles. The molecule has 1 aliphatic heterocycles. The minimum atomic E-state index is -4.51. The van der Waals surface area contributed by atoms with Crippen molar-refractivity contribution in [2.45, 2.75) is 21.2 Å². The highest BCUT2D eigenvalue weighted by atomic mass is 32.2. The number of rotatable bonds is 4. The first-order valence-electron chi connectivity index (χ1n) is 9.21. The van der Waals surface area contributed by atoms with Gasteiger partial charge in [0.2, 0.25) is 5.91 Å². The van der Waals surface area contributed by atoms with Crippen molar-refractivity contribution in [3.63, 3.8) is 0 Å². The third kappa shape index (κ3) is 4.03. The quantitative estimate of drug-likeness (QED) is 0.295. The first kappa shape index (κ1) is 21.1. The summed E-state index contributed by atoms with van der Waals surface area (Å²) in [5.41, 5.74) is -0.0576. The number of nitrogens with zero attached hydrogens (tertiary/aromatic N) is 3. The van der Waals surface area contributed by atoms with Crippen molar-refractivity contribution in [2.24, 2.45) is 0 Å². The maximum Gasteiger partial charge on any atom is 0.416 e. The van der Waals surface area contributed by atoms with E-state index in [-0.39, 0.29) is 22.6 Å². The van der Waals surface area contributed by atoms with Crippen LogP contribution in [0, 0.1) is 0 Å². The molecule has 0 bridgehead atoms. The van der Waals surface area contributed by atoms with Crippen molar-refractivity contribution < 1.29 is 22.4 Å². The van der Waals surface area contributed by atoms with Crippen molar-refractivity contribution >= 4 is 52.1 Å². The number of carbonyl (C=O) groups excluding carboxylic acids is 1. The minimum Gasteiger partial charge on any atom is -0.410 e. The number of fused-ring (bicyclic) bond motifs is 2. The Morgan fingerprint density at radius 1 is 1.03 bits per heavy atom. The number of amides is 1. The van der Waals surface area contributed by atoms with E-state index in [0.29, 0.717) is 16.5 Å². The molecule has 11 heteroatoms. The lowest BCUT2D eigenvalue weighted by Crippen LogP contribution is -2.30. The molecule has 1 aliphatic rings. The van der Waals surface area contributed by atoms with E-state index < -0.39 is 11.7 Å². The highest BCUT2D eigenvalue weighted by molar-refractivity contribution is 8.00. The van der Waals surface area contributed by atoms with Gasteiger partial charge in [-0.05, 0) is 41.8 Å². The van der Waals surface area contributed by atoms with Crippen LogP contribution in [-0.4, -0.2) is 21.9 Å². The Labute approximate surface area is 192 Å². The van der Waals surface area contributed by atoms with Crippen LogP contribution in [0.5, 0.6) is 0 Å². The fourth-order valence-electron chi connectivity index (χ4n) is 3.16. The van der Waals surface area contributed by atoms with Crippen molar-refractivity contribution in [2.75, 3.05) is 10.7 Å². The van der Waals surface area contributed by atoms with Gasteiger partial charge in [-0.1, -0.05) is 41.7 Å². The highest BCUT2D eigenvalue weighted by Crippen LogP contribution is 2.49. The van der Waals surface area contributed by atoms with Crippen LogP contribution in [0.1, 0.15) is 5.56 Å². The van der Waals surface area contributed by atoms with Crippen LogP contribution in [0.3, 0.4) is 0 Å². The van der Waals surface area contributed by atoms with Gasteiger partial charge in [-0.15, -0.1) is 21.5 Å². The second-order valence-electron chi connectivity index (χ2n) is 6.62. The minimum absolute atomic E-state index is 0.0826. The topological polar surface area (TPSA) is 59.2 Å². The summed E-state index contributed by atoms with van der Waals surface area (Å²) in [6, 6.07) is 14.3. The molecule has 32 heavy (non-hydrogen) atoms. The average Bonchev–Trinajstić information content (AvgIpc) is 3.46. The zero-order valence-corrected chi connectivity index (χ0v) is 18.4. The van der Waals surface area contributed by atoms with Crippen LogP contribution < -0.4 is 4.90 Å². The van der Waals surface area contributed by atoms with Gasteiger partial charge in [0.15, 0.2) is 0 Å². The van der Waals surface area contributed by atoms with E-state index in [4.69, 9.17) is 4.42 Å². The Bertz CT molecular complexity index is 1290. The van der Waals surface area contributed by atoms with E-state index >= 15 is 0 Å². The van der Waals surface area contributed by atoms with E-state index in [2.05, 4.69) is 10.2 Å². The zero-order valence-electron chi connectivity index (χ0n) is 16.0. The largest absolute Gasteiger partial charge is 0.416 e. The molecule has 0 N–H and O–H groups in total. The van der Waals surface area contributed by atoms with Crippen LogP contribution in [0.25, 0.3) is 10.8 Å². The number of anilines is 2. The van der Waals surface area contributed by atoms with Crippen LogP contribution in [0.15, 0.2) is 79.4 Å². The molecule has 0 saturated carbocycles. The molecule has 5 nitrogen and oxygen atoms in total. The number of hydrogen-bond donors (Lipinski definition) is 0. The van der Waals surface area contributed by atoms with Crippen LogP contribution in [0.2, 0.25) is 0 Å². The van der Waals surface area contributed by atoms with E-state index in [1.54, 1.807) is 12.1 Å². The van der Waals surface area contributed by atoms with Gasteiger partial charge in [-0.25, -0.2) is 0 Å². The number of thioether (sulfide) groups is 1. The number of aromatic nitrogens is 2. The van der Waals surface area contributed by atoms with Crippen LogP contribution >= 0.6 is 34.9 Å². The Balaban J connectivity index is 1.44. The predicted octanol–water partition coefficient (Wildman–Crippen LogP) is 6.74. The highest BCUT2D eigenvalue weighted by Gasteiger charge is 2.35. The smallest absolute Gasteiger partial charge is 0.410 e. The number of alkyl halides is 3. The maximum atomic E-state index is 13.3. The van der Waals surface area contributed by atoms with Crippen molar-refractivity contribution in [3.8, 4) is 10.8 Å². The Morgan fingerprint density at radius 2 is 1.84 bits per heavy atom. The van der Waals surface area contributed by atoms with Gasteiger partial charge < -0.3 is 4.42 Å². The summed E-state index contributed by atoms with van der Waals surface area (Å²) in [7, 11) is 0. The Kier molecular flexibility index (Phi) is 5.48. The fraction of sp³-hybridized carbons (Fsp3) is 0.0952. The molecule has 162 valence electrons. The number of thiophene rings is 1. The molecular formula is C21H12F3N3O2S3. The number of benzene rings is 2. The van der Waals surface area contributed by atoms with Gasteiger partial charge in [0, 0.05) is 9.79 Å².